The number of aryl methyl sites for hydroxylation is 1. The number of nitrogens with one attached hydrogen (secondary N) is 1. The van der Waals surface area contributed by atoms with Crippen molar-refractivity contribution in [1.82, 2.24) is 20.0 Å². The van der Waals surface area contributed by atoms with Crippen molar-refractivity contribution in [3.05, 3.63) is 42.1 Å². The first-order chi connectivity index (χ1) is 13.6. The Kier molecular flexibility index (Phi) is 6.80. The Labute approximate surface area is 165 Å². The van der Waals surface area contributed by atoms with Crippen LogP contribution in [0, 0.1) is 11.3 Å². The second-order valence-electron chi connectivity index (χ2n) is 7.20. The molecule has 0 saturated heterocycles. The van der Waals surface area contributed by atoms with Gasteiger partial charge in [-0.25, -0.2) is 0 Å². The summed E-state index contributed by atoms with van der Waals surface area (Å²) in [4.78, 5) is 13.0. The number of hydrogen-bond acceptors (Lipinski definition) is 5. The number of carboxylic acids is 1. The molecule has 1 aromatic heterocycles. The molecule has 0 unspecified atom stereocenters. The lowest BCUT2D eigenvalue weighted by Crippen LogP contribution is -2.53. The highest BCUT2D eigenvalue weighted by molar-refractivity contribution is 5.69. The molecule has 1 saturated carbocycles. The van der Waals surface area contributed by atoms with Crippen molar-refractivity contribution < 1.29 is 9.90 Å². The van der Waals surface area contributed by atoms with Crippen molar-refractivity contribution >= 4 is 5.97 Å². The van der Waals surface area contributed by atoms with Gasteiger partial charge < -0.3 is 10.4 Å². The van der Waals surface area contributed by atoms with E-state index in [0.717, 1.165) is 36.2 Å². The molecule has 0 bridgehead atoms. The summed E-state index contributed by atoms with van der Waals surface area (Å²) in [6.45, 7) is 4.17. The zero-order valence-electron chi connectivity index (χ0n) is 16.2. The van der Waals surface area contributed by atoms with E-state index in [4.69, 9.17) is 10.4 Å². The van der Waals surface area contributed by atoms with Gasteiger partial charge in [-0.1, -0.05) is 37.3 Å². The molecule has 0 aliphatic heterocycles. The van der Waals surface area contributed by atoms with Crippen LogP contribution in [0.25, 0.3) is 11.3 Å². The molecule has 2 N–H and O–H groups in total. The van der Waals surface area contributed by atoms with E-state index in [-0.39, 0.29) is 6.54 Å². The van der Waals surface area contributed by atoms with E-state index in [1.807, 2.05) is 53.0 Å². The average molecular weight is 381 g/mol. The molecule has 1 aromatic carbocycles. The van der Waals surface area contributed by atoms with E-state index in [2.05, 4.69) is 16.5 Å². The van der Waals surface area contributed by atoms with E-state index < -0.39 is 5.97 Å². The minimum absolute atomic E-state index is 0.109. The van der Waals surface area contributed by atoms with Crippen LogP contribution < -0.4 is 5.32 Å². The molecule has 1 heterocycles. The van der Waals surface area contributed by atoms with Gasteiger partial charge in [-0.15, -0.1) is 0 Å². The predicted molar refractivity (Wildman–Crippen MR) is 106 cm³/mol. The number of rotatable bonds is 10. The highest BCUT2D eigenvalue weighted by Gasteiger charge is 2.33. The minimum atomic E-state index is -0.768. The zero-order valence-corrected chi connectivity index (χ0v) is 16.2. The number of nitrogens with zero attached hydrogens (tertiary/aromatic N) is 4. The monoisotopic (exact) mass is 381 g/mol. The number of nitriles is 1. The van der Waals surface area contributed by atoms with Crippen LogP contribution in [0.1, 0.15) is 31.7 Å². The van der Waals surface area contributed by atoms with E-state index in [1.165, 1.54) is 0 Å². The summed E-state index contributed by atoms with van der Waals surface area (Å²) >= 11 is 0. The molecular weight excluding hydrogens is 354 g/mol. The van der Waals surface area contributed by atoms with Gasteiger partial charge in [0.1, 0.15) is 0 Å². The highest BCUT2D eigenvalue weighted by atomic mass is 16.4. The fraction of sp³-hybridized carbons (Fsp3) is 0.476. The Morgan fingerprint density at radius 1 is 1.39 bits per heavy atom. The molecule has 148 valence electrons. The minimum Gasteiger partial charge on any atom is -0.480 e. The molecular formula is C21H27N5O2. The summed E-state index contributed by atoms with van der Waals surface area (Å²) in [7, 11) is 0. The van der Waals surface area contributed by atoms with Gasteiger partial charge in [0.25, 0.3) is 0 Å². The number of hydrogen-bond donors (Lipinski definition) is 2. The van der Waals surface area contributed by atoms with Crippen molar-refractivity contribution in [2.45, 2.75) is 51.4 Å². The fourth-order valence-electron chi connectivity index (χ4n) is 3.69. The first-order valence-corrected chi connectivity index (χ1v) is 9.78. The van der Waals surface area contributed by atoms with Gasteiger partial charge in [-0.2, -0.15) is 10.4 Å². The Morgan fingerprint density at radius 3 is 2.79 bits per heavy atom. The molecule has 3 rings (SSSR count). The number of benzene rings is 1. The van der Waals surface area contributed by atoms with Crippen molar-refractivity contribution in [1.29, 1.82) is 5.26 Å². The van der Waals surface area contributed by atoms with E-state index >= 15 is 0 Å². The molecule has 0 atom stereocenters. The molecule has 2 aromatic rings. The van der Waals surface area contributed by atoms with Crippen LogP contribution in [-0.2, 0) is 17.9 Å². The highest BCUT2D eigenvalue weighted by Crippen LogP contribution is 2.27. The van der Waals surface area contributed by atoms with E-state index in [0.29, 0.717) is 31.6 Å². The van der Waals surface area contributed by atoms with Gasteiger partial charge in [-0.3, -0.25) is 14.4 Å². The smallest absolute Gasteiger partial charge is 0.317 e. The van der Waals surface area contributed by atoms with Gasteiger partial charge in [0.2, 0.25) is 0 Å². The Bertz CT molecular complexity index is 821. The molecule has 1 aliphatic carbocycles. The average Bonchev–Trinajstić information content (AvgIpc) is 3.07. The van der Waals surface area contributed by atoms with Crippen molar-refractivity contribution in [2.24, 2.45) is 0 Å². The Hall–Kier alpha value is -2.69. The largest absolute Gasteiger partial charge is 0.480 e. The molecule has 1 aliphatic rings. The molecule has 0 amide bonds. The second kappa shape index (κ2) is 9.49. The zero-order chi connectivity index (χ0) is 19.9. The maximum Gasteiger partial charge on any atom is 0.317 e. The second-order valence-corrected chi connectivity index (χ2v) is 7.20. The molecule has 28 heavy (non-hydrogen) atoms. The fourth-order valence-corrected chi connectivity index (χ4v) is 3.69. The summed E-state index contributed by atoms with van der Waals surface area (Å²) < 4.78 is 1.85. The summed E-state index contributed by atoms with van der Waals surface area (Å²) in [6.07, 6.45) is 4.38. The van der Waals surface area contributed by atoms with Crippen LogP contribution in [-0.4, -0.2) is 50.9 Å². The summed E-state index contributed by atoms with van der Waals surface area (Å²) in [5.74, 6) is -0.768. The van der Waals surface area contributed by atoms with Crippen LogP contribution in [0.2, 0.25) is 0 Å². The van der Waals surface area contributed by atoms with Crippen LogP contribution in [0.15, 0.2) is 36.5 Å². The van der Waals surface area contributed by atoms with Gasteiger partial charge in [-0.05, 0) is 19.4 Å². The van der Waals surface area contributed by atoms with Crippen molar-refractivity contribution in [2.75, 3.05) is 13.1 Å². The molecule has 0 radical (unpaired) electrons. The summed E-state index contributed by atoms with van der Waals surface area (Å²) in [6, 6.07) is 13.0. The quantitative estimate of drug-likeness (QED) is 0.657. The van der Waals surface area contributed by atoms with Gasteiger partial charge in [0.15, 0.2) is 0 Å². The van der Waals surface area contributed by atoms with Crippen molar-refractivity contribution in [3.8, 4) is 17.3 Å². The Balaban J connectivity index is 1.61. The van der Waals surface area contributed by atoms with E-state index in [9.17, 15) is 4.79 Å². The third-order valence-electron chi connectivity index (χ3n) is 5.29. The third kappa shape index (κ3) is 4.97. The molecule has 1 fully saturated rings. The number of carbonyl (C=O) groups is 1. The van der Waals surface area contributed by atoms with Crippen LogP contribution in [0.5, 0.6) is 0 Å². The van der Waals surface area contributed by atoms with Crippen LogP contribution in [0.4, 0.5) is 0 Å². The van der Waals surface area contributed by atoms with E-state index in [1.54, 1.807) is 0 Å². The SMILES string of the molecule is CCN(CC(=O)O)C1CC(NCc2cn(CCC#N)nc2-c2ccccc2)C1. The molecule has 7 nitrogen and oxygen atoms in total. The number of likely N-dealkylation sites (N-methyl/N-ethyl adjacent to an activating group) is 1. The lowest BCUT2D eigenvalue weighted by molar-refractivity contribution is -0.139. The first-order valence-electron chi connectivity index (χ1n) is 9.78. The van der Waals surface area contributed by atoms with Crippen LogP contribution >= 0.6 is 0 Å². The normalized spacial score (nSPS) is 18.6. The Morgan fingerprint density at radius 2 is 2.14 bits per heavy atom. The third-order valence-corrected chi connectivity index (χ3v) is 5.29. The first kappa shape index (κ1) is 20.1. The lowest BCUT2D eigenvalue weighted by Gasteiger charge is -2.42. The van der Waals surface area contributed by atoms with Gasteiger partial charge in [0.05, 0.1) is 31.3 Å². The standard InChI is InChI=1S/C21H27N5O2/c1-2-25(15-20(27)28)19-11-18(12-19)23-13-17-14-26(10-6-9-22)24-21(17)16-7-4-3-5-8-16/h3-5,7-8,14,18-19,23H,2,6,10-13,15H2,1H3,(H,27,28). The summed E-state index contributed by atoms with van der Waals surface area (Å²) in [5, 5.41) is 26.1. The maximum absolute atomic E-state index is 11.0. The number of aromatic nitrogens is 2. The van der Waals surface area contributed by atoms with Gasteiger partial charge >= 0.3 is 5.97 Å². The van der Waals surface area contributed by atoms with Gasteiger partial charge in [0, 0.05) is 36.0 Å². The number of aliphatic carboxylic acids is 1. The predicted octanol–water partition coefficient (Wildman–Crippen LogP) is 2.49. The summed E-state index contributed by atoms with van der Waals surface area (Å²) in [5.41, 5.74) is 3.13. The lowest BCUT2D eigenvalue weighted by atomic mass is 9.85. The molecule has 0 spiro atoms. The number of carboxylic acid groups (broad SMARTS) is 1. The van der Waals surface area contributed by atoms with Crippen LogP contribution in [0.3, 0.4) is 0 Å². The van der Waals surface area contributed by atoms with Crippen molar-refractivity contribution in [3.63, 3.8) is 0 Å². The molecule has 7 heteroatoms. The topological polar surface area (TPSA) is 94.2 Å². The maximum atomic E-state index is 11.0.